The van der Waals surface area contributed by atoms with Crippen molar-refractivity contribution in [3.8, 4) is 0 Å². The third kappa shape index (κ3) is 2.83. The van der Waals surface area contributed by atoms with Gasteiger partial charge in [-0.25, -0.2) is 0 Å². The topological polar surface area (TPSA) is 48.2 Å². The van der Waals surface area contributed by atoms with E-state index in [0.29, 0.717) is 12.6 Å². The van der Waals surface area contributed by atoms with Gasteiger partial charge in [-0.05, 0) is 25.3 Å². The van der Waals surface area contributed by atoms with Crippen molar-refractivity contribution in [2.24, 2.45) is 0 Å². The minimum absolute atomic E-state index is 0.0661. The number of carbonyl (C=O) groups is 1. The van der Waals surface area contributed by atoms with E-state index in [0.717, 1.165) is 12.8 Å². The molecular weight excluding hydrogens is 202 g/mol. The second-order valence-corrected chi connectivity index (χ2v) is 4.03. The normalized spacial score (nSPS) is 22.8. The monoisotopic (exact) mass is 219 g/mol. The fraction of sp³-hybridized carbons (Fsp3) is 0.462. The number of carbonyl (C=O) groups excluding carboxylic acids is 1. The van der Waals surface area contributed by atoms with Crippen LogP contribution >= 0.6 is 0 Å². The summed E-state index contributed by atoms with van der Waals surface area (Å²) in [6, 6.07) is 10.6. The van der Waals surface area contributed by atoms with Crippen LogP contribution in [0.4, 0.5) is 0 Å². The lowest BCUT2D eigenvalue weighted by molar-refractivity contribution is -0.142. The van der Waals surface area contributed by atoms with Crippen LogP contribution in [0.25, 0.3) is 0 Å². The molecule has 3 nitrogen and oxygen atoms in total. The van der Waals surface area contributed by atoms with E-state index >= 15 is 0 Å². The van der Waals surface area contributed by atoms with Crippen molar-refractivity contribution >= 4 is 5.97 Å². The van der Waals surface area contributed by atoms with Crippen molar-refractivity contribution in [2.75, 3.05) is 6.61 Å². The van der Waals surface area contributed by atoms with E-state index in [1.54, 1.807) is 0 Å². The summed E-state index contributed by atoms with van der Waals surface area (Å²) in [5, 5.41) is 3.15. The van der Waals surface area contributed by atoms with Crippen molar-refractivity contribution in [2.45, 2.75) is 31.8 Å². The second kappa shape index (κ2) is 5.12. The maximum Gasteiger partial charge on any atom is 0.324 e. The zero-order valence-electron chi connectivity index (χ0n) is 9.48. The Morgan fingerprint density at radius 3 is 2.81 bits per heavy atom. The van der Waals surface area contributed by atoms with Crippen LogP contribution in [-0.2, 0) is 16.0 Å². The van der Waals surface area contributed by atoms with Crippen molar-refractivity contribution in [1.29, 1.82) is 0 Å². The molecule has 0 aliphatic carbocycles. The molecule has 0 bridgehead atoms. The third-order valence-electron chi connectivity index (χ3n) is 2.81. The molecule has 1 unspecified atom stereocenters. The van der Waals surface area contributed by atoms with Gasteiger partial charge in [0, 0.05) is 6.04 Å². The molecule has 0 saturated carbocycles. The lowest BCUT2D eigenvalue weighted by Crippen LogP contribution is -2.15. The van der Waals surface area contributed by atoms with E-state index in [9.17, 15) is 4.79 Å². The molecule has 1 aliphatic rings. The number of esters is 1. The van der Waals surface area contributed by atoms with Crippen LogP contribution in [0.5, 0.6) is 0 Å². The van der Waals surface area contributed by atoms with E-state index in [1.807, 2.05) is 25.1 Å². The number of hydrogen-bond acceptors (Lipinski definition) is 3. The quantitative estimate of drug-likeness (QED) is 0.603. The molecule has 2 rings (SSSR count). The molecule has 0 aromatic heterocycles. The van der Waals surface area contributed by atoms with E-state index in [4.69, 9.17) is 4.74 Å². The number of nitrogens with one attached hydrogen (secondary N) is 1. The predicted octanol–water partition coefficient (Wildman–Crippen LogP) is 1.52. The van der Waals surface area contributed by atoms with Crippen molar-refractivity contribution in [1.82, 2.24) is 5.32 Å². The first-order valence-corrected chi connectivity index (χ1v) is 5.78. The van der Waals surface area contributed by atoms with Gasteiger partial charge in [0.25, 0.3) is 0 Å². The van der Waals surface area contributed by atoms with E-state index in [2.05, 4.69) is 17.4 Å². The fourth-order valence-electron chi connectivity index (χ4n) is 1.86. The Morgan fingerprint density at radius 2 is 2.12 bits per heavy atom. The van der Waals surface area contributed by atoms with E-state index < -0.39 is 0 Å². The van der Waals surface area contributed by atoms with Crippen molar-refractivity contribution < 1.29 is 9.53 Å². The minimum Gasteiger partial charge on any atom is -0.465 e. The van der Waals surface area contributed by atoms with Gasteiger partial charge in [-0.3, -0.25) is 10.1 Å². The fourth-order valence-corrected chi connectivity index (χ4v) is 1.86. The van der Waals surface area contributed by atoms with Crippen LogP contribution in [0.3, 0.4) is 0 Å². The Morgan fingerprint density at radius 1 is 1.38 bits per heavy atom. The van der Waals surface area contributed by atoms with Crippen LogP contribution in [0.2, 0.25) is 0 Å². The molecule has 1 aromatic carbocycles. The number of rotatable bonds is 5. The molecule has 3 heteroatoms. The van der Waals surface area contributed by atoms with Gasteiger partial charge >= 0.3 is 5.97 Å². The lowest BCUT2D eigenvalue weighted by Gasteiger charge is -2.00. The summed E-state index contributed by atoms with van der Waals surface area (Å²) >= 11 is 0. The molecule has 1 N–H and O–H groups in total. The van der Waals surface area contributed by atoms with E-state index in [-0.39, 0.29) is 12.0 Å². The Labute approximate surface area is 95.8 Å². The maximum absolute atomic E-state index is 11.3. The highest BCUT2D eigenvalue weighted by atomic mass is 16.5. The average molecular weight is 219 g/mol. The molecular formula is C13H17NO2. The Hall–Kier alpha value is -1.35. The van der Waals surface area contributed by atoms with Gasteiger partial charge < -0.3 is 4.74 Å². The number of hydrogen-bond donors (Lipinski definition) is 1. The smallest absolute Gasteiger partial charge is 0.324 e. The minimum atomic E-state index is -0.111. The molecule has 2 atom stereocenters. The molecule has 0 amide bonds. The summed E-state index contributed by atoms with van der Waals surface area (Å²) in [6.07, 6.45) is 2.00. The van der Waals surface area contributed by atoms with Gasteiger partial charge in [0.1, 0.15) is 6.04 Å². The molecule has 0 radical (unpaired) electrons. The van der Waals surface area contributed by atoms with Crippen molar-refractivity contribution in [3.63, 3.8) is 0 Å². The number of aryl methyl sites for hydroxylation is 1. The molecule has 0 spiro atoms. The molecule has 1 heterocycles. The first-order chi connectivity index (χ1) is 7.81. The highest BCUT2D eigenvalue weighted by molar-refractivity contribution is 5.80. The van der Waals surface area contributed by atoms with Crippen LogP contribution in [0.15, 0.2) is 30.3 Å². The first-order valence-electron chi connectivity index (χ1n) is 5.78. The Bertz CT molecular complexity index is 350. The first kappa shape index (κ1) is 11.1. The summed E-state index contributed by atoms with van der Waals surface area (Å²) in [5.41, 5.74) is 1.32. The van der Waals surface area contributed by atoms with Crippen LogP contribution in [0, 0.1) is 0 Å². The van der Waals surface area contributed by atoms with Gasteiger partial charge in [0.2, 0.25) is 0 Å². The summed E-state index contributed by atoms with van der Waals surface area (Å²) in [4.78, 5) is 11.3. The summed E-state index contributed by atoms with van der Waals surface area (Å²) in [5.74, 6) is -0.111. The number of ether oxygens (including phenoxy) is 1. The third-order valence-corrected chi connectivity index (χ3v) is 2.81. The molecule has 16 heavy (non-hydrogen) atoms. The predicted molar refractivity (Wildman–Crippen MR) is 62.1 cm³/mol. The molecule has 1 fully saturated rings. The molecule has 1 saturated heterocycles. The standard InChI is InChI=1S/C13H17NO2/c1-2-16-13(15)12-11(14-12)9-8-10-6-4-3-5-7-10/h3-7,11-12,14H,2,8-9H2,1H3/t11-,12?/m1/s1. The van der Waals surface area contributed by atoms with Crippen LogP contribution in [0.1, 0.15) is 18.9 Å². The molecule has 86 valence electrons. The SMILES string of the molecule is CCOC(=O)C1N[C@@H]1CCc1ccccc1. The van der Waals surface area contributed by atoms with Crippen LogP contribution < -0.4 is 5.32 Å². The largest absolute Gasteiger partial charge is 0.465 e. The zero-order valence-corrected chi connectivity index (χ0v) is 9.48. The Balaban J connectivity index is 1.72. The van der Waals surface area contributed by atoms with Gasteiger partial charge in [0.05, 0.1) is 6.61 Å². The van der Waals surface area contributed by atoms with Crippen LogP contribution in [-0.4, -0.2) is 24.7 Å². The van der Waals surface area contributed by atoms with Gasteiger partial charge in [-0.2, -0.15) is 0 Å². The number of benzene rings is 1. The maximum atomic E-state index is 11.3. The molecule has 1 aliphatic heterocycles. The summed E-state index contributed by atoms with van der Waals surface area (Å²) in [7, 11) is 0. The summed E-state index contributed by atoms with van der Waals surface area (Å²) < 4.78 is 4.95. The highest BCUT2D eigenvalue weighted by Gasteiger charge is 2.42. The van der Waals surface area contributed by atoms with Gasteiger partial charge in [-0.1, -0.05) is 30.3 Å². The van der Waals surface area contributed by atoms with Gasteiger partial charge in [-0.15, -0.1) is 0 Å². The average Bonchev–Trinajstić information content (AvgIpc) is 3.08. The lowest BCUT2D eigenvalue weighted by atomic mass is 10.1. The van der Waals surface area contributed by atoms with E-state index in [1.165, 1.54) is 5.56 Å². The summed E-state index contributed by atoms with van der Waals surface area (Å²) in [6.45, 7) is 2.29. The highest BCUT2D eigenvalue weighted by Crippen LogP contribution is 2.18. The second-order valence-electron chi connectivity index (χ2n) is 4.03. The van der Waals surface area contributed by atoms with Gasteiger partial charge in [0.15, 0.2) is 0 Å². The zero-order chi connectivity index (χ0) is 11.4. The Kier molecular flexibility index (Phi) is 3.57. The molecule has 1 aromatic rings. The van der Waals surface area contributed by atoms with Crippen molar-refractivity contribution in [3.05, 3.63) is 35.9 Å².